The van der Waals surface area contributed by atoms with Crippen LogP contribution in [0, 0.1) is 5.82 Å². The predicted molar refractivity (Wildman–Crippen MR) is 98.2 cm³/mol. The summed E-state index contributed by atoms with van der Waals surface area (Å²) in [5.41, 5.74) is -1.24. The average Bonchev–Trinajstić information content (AvgIpc) is 2.97. The van der Waals surface area contributed by atoms with E-state index in [1.54, 1.807) is 20.8 Å². The van der Waals surface area contributed by atoms with Crippen LogP contribution in [0.1, 0.15) is 26.3 Å². The molecule has 2 saturated heterocycles. The van der Waals surface area contributed by atoms with Crippen molar-refractivity contribution in [2.45, 2.75) is 37.2 Å². The molecule has 0 aromatic heterocycles. The Morgan fingerprint density at radius 1 is 1.33 bits per heavy atom. The first-order valence-electron chi connectivity index (χ1n) is 8.50. The molecular weight excluding hydrogens is 375 g/mol. The quantitative estimate of drug-likeness (QED) is 0.736. The zero-order chi connectivity index (χ0) is 20.0. The van der Waals surface area contributed by atoms with Crippen molar-refractivity contribution in [3.63, 3.8) is 0 Å². The van der Waals surface area contributed by atoms with E-state index >= 15 is 0 Å². The third-order valence-corrected chi connectivity index (χ3v) is 6.83. The van der Waals surface area contributed by atoms with Crippen molar-refractivity contribution in [2.24, 2.45) is 4.99 Å². The van der Waals surface area contributed by atoms with Crippen LogP contribution in [0.4, 0.5) is 9.18 Å². The Bertz CT molecular complexity index is 879. The lowest BCUT2D eigenvalue weighted by atomic mass is 9.88. The van der Waals surface area contributed by atoms with Crippen LogP contribution in [0.2, 0.25) is 0 Å². The highest BCUT2D eigenvalue weighted by Gasteiger charge is 2.57. The number of benzene rings is 1. The molecule has 1 aromatic rings. The summed E-state index contributed by atoms with van der Waals surface area (Å²) in [7, 11) is -2.49. The number of nitrogens with one attached hydrogen (secondary N) is 2. The number of fused-ring (bicyclic) bond motifs is 1. The van der Waals surface area contributed by atoms with E-state index in [-0.39, 0.29) is 19.0 Å². The second kappa shape index (κ2) is 6.45. The second-order valence-electron chi connectivity index (χ2n) is 7.65. The lowest BCUT2D eigenvalue weighted by Gasteiger charge is -2.44. The Balaban J connectivity index is 2.06. The molecule has 2 atom stereocenters. The molecule has 2 unspecified atom stereocenters. The van der Waals surface area contributed by atoms with Crippen molar-refractivity contribution < 1.29 is 22.3 Å². The van der Waals surface area contributed by atoms with Crippen LogP contribution < -0.4 is 10.6 Å². The smallest absolute Gasteiger partial charge is 0.437 e. The number of ether oxygens (including phenoxy) is 1. The van der Waals surface area contributed by atoms with Crippen LogP contribution in [-0.4, -0.2) is 55.8 Å². The Morgan fingerprint density at radius 2 is 1.96 bits per heavy atom. The van der Waals surface area contributed by atoms with E-state index in [4.69, 9.17) is 4.74 Å². The van der Waals surface area contributed by atoms with Crippen molar-refractivity contribution in [3.8, 4) is 0 Å². The average molecular weight is 398 g/mol. The first-order valence-corrected chi connectivity index (χ1v) is 10.0. The maximum absolute atomic E-state index is 13.4. The van der Waals surface area contributed by atoms with Crippen molar-refractivity contribution >= 4 is 22.1 Å². The van der Waals surface area contributed by atoms with Gasteiger partial charge in [-0.1, -0.05) is 12.1 Å². The van der Waals surface area contributed by atoms with Gasteiger partial charge in [0.15, 0.2) is 0 Å². The number of guanidine groups is 1. The van der Waals surface area contributed by atoms with Gasteiger partial charge in [-0.3, -0.25) is 0 Å². The molecule has 0 bridgehead atoms. The third-order valence-electron chi connectivity index (χ3n) is 4.61. The van der Waals surface area contributed by atoms with E-state index in [0.29, 0.717) is 5.56 Å². The number of hydrogen-bond donors (Lipinski definition) is 2. The summed E-state index contributed by atoms with van der Waals surface area (Å²) in [5.74, 6) is -0.551. The number of halogens is 1. The highest BCUT2D eigenvalue weighted by Crippen LogP contribution is 2.37. The fourth-order valence-corrected chi connectivity index (χ4v) is 5.16. The normalized spacial score (nSPS) is 28.6. The summed E-state index contributed by atoms with van der Waals surface area (Å²) in [6.45, 7) is 5.57. The highest BCUT2D eigenvalue weighted by atomic mass is 32.2. The van der Waals surface area contributed by atoms with Crippen LogP contribution in [0.5, 0.6) is 0 Å². The molecule has 2 heterocycles. The van der Waals surface area contributed by atoms with Gasteiger partial charge in [0.05, 0.1) is 5.54 Å². The fourth-order valence-electron chi connectivity index (χ4n) is 3.34. The van der Waals surface area contributed by atoms with Crippen molar-refractivity contribution in [3.05, 3.63) is 35.6 Å². The summed E-state index contributed by atoms with van der Waals surface area (Å²) in [5, 5.41) is 5.34. The van der Waals surface area contributed by atoms with Crippen LogP contribution >= 0.6 is 0 Å². The van der Waals surface area contributed by atoms with E-state index in [1.165, 1.54) is 31.3 Å². The van der Waals surface area contributed by atoms with Gasteiger partial charge in [-0.2, -0.15) is 0 Å². The molecule has 0 spiro atoms. The molecule has 27 heavy (non-hydrogen) atoms. The molecule has 3 rings (SSSR count). The number of amides is 1. The van der Waals surface area contributed by atoms with Gasteiger partial charge >= 0.3 is 6.09 Å². The minimum atomic E-state index is -3.82. The number of aliphatic imine (C=N–C) groups is 1. The van der Waals surface area contributed by atoms with E-state index in [1.807, 2.05) is 0 Å². The first kappa shape index (κ1) is 19.6. The molecule has 2 aliphatic rings. The largest absolute Gasteiger partial charge is 0.442 e. The van der Waals surface area contributed by atoms with Crippen molar-refractivity contribution in [1.82, 2.24) is 14.9 Å². The Morgan fingerprint density at radius 3 is 2.56 bits per heavy atom. The highest BCUT2D eigenvalue weighted by molar-refractivity contribution is 7.90. The molecule has 1 aromatic carbocycles. The maximum Gasteiger partial charge on any atom is 0.437 e. The number of sulfonamides is 1. The lowest BCUT2D eigenvalue weighted by Crippen LogP contribution is -2.67. The minimum absolute atomic E-state index is 0.131. The van der Waals surface area contributed by atoms with Gasteiger partial charge in [-0.25, -0.2) is 21.9 Å². The Kier molecular flexibility index (Phi) is 4.67. The summed E-state index contributed by atoms with van der Waals surface area (Å²) in [6, 6.07) is 5.62. The van der Waals surface area contributed by atoms with Crippen molar-refractivity contribution in [1.29, 1.82) is 0 Å². The number of carbonyl (C=O) groups is 1. The zero-order valence-corrected chi connectivity index (χ0v) is 16.4. The molecule has 10 heteroatoms. The van der Waals surface area contributed by atoms with E-state index in [9.17, 15) is 17.6 Å². The van der Waals surface area contributed by atoms with Crippen LogP contribution in [-0.2, 0) is 20.3 Å². The van der Waals surface area contributed by atoms with E-state index < -0.39 is 38.3 Å². The van der Waals surface area contributed by atoms with Gasteiger partial charge in [-0.05, 0) is 38.5 Å². The Hall–Kier alpha value is -2.20. The molecule has 148 valence electrons. The minimum Gasteiger partial charge on any atom is -0.442 e. The number of carbonyl (C=O) groups excluding carboxylic acids is 1. The predicted octanol–water partition coefficient (Wildman–Crippen LogP) is 1.15. The molecule has 2 N–H and O–H groups in total. The standard InChI is InChI=1S/C17H23FN4O4S/c1-16(2,3)26-15(23)20-14-21-17(11-5-7-12(18)8-6-11)10-19-9-13(17)27(24,25)22(14)4/h5-8,13,19H,9-10H2,1-4H3,(H,20,21,23). The number of rotatable bonds is 1. The lowest BCUT2D eigenvalue weighted by molar-refractivity contribution is 0.0601. The van der Waals surface area contributed by atoms with E-state index in [2.05, 4.69) is 15.6 Å². The Labute approximate surface area is 157 Å². The topological polar surface area (TPSA) is 100 Å². The SMILES string of the molecule is CN1/C(=N/C(=O)OC(C)(C)C)NC2(c3ccc(F)cc3)CNCC2S1(=O)=O. The summed E-state index contributed by atoms with van der Waals surface area (Å²) in [4.78, 5) is 16.0. The third kappa shape index (κ3) is 3.51. The maximum atomic E-state index is 13.4. The molecular formula is C17H23FN4O4S. The van der Waals surface area contributed by atoms with Gasteiger partial charge in [0.2, 0.25) is 16.0 Å². The molecule has 2 aliphatic heterocycles. The monoisotopic (exact) mass is 398 g/mol. The summed E-state index contributed by atoms with van der Waals surface area (Å²) >= 11 is 0. The first-order chi connectivity index (χ1) is 12.5. The fraction of sp³-hybridized carbons (Fsp3) is 0.529. The molecule has 1 amide bonds. The van der Waals surface area contributed by atoms with Gasteiger partial charge < -0.3 is 15.4 Å². The molecule has 2 fully saturated rings. The number of nitrogens with zero attached hydrogens (tertiary/aromatic N) is 2. The van der Waals surface area contributed by atoms with Crippen LogP contribution in [0.25, 0.3) is 0 Å². The summed E-state index contributed by atoms with van der Waals surface area (Å²) < 4.78 is 45.6. The van der Waals surface area contributed by atoms with E-state index in [0.717, 1.165) is 4.31 Å². The zero-order valence-electron chi connectivity index (χ0n) is 15.6. The van der Waals surface area contributed by atoms with Gasteiger partial charge in [-0.15, -0.1) is 4.99 Å². The van der Waals surface area contributed by atoms with Gasteiger partial charge in [0.1, 0.15) is 16.7 Å². The van der Waals surface area contributed by atoms with Crippen LogP contribution in [0.3, 0.4) is 0 Å². The summed E-state index contributed by atoms with van der Waals surface area (Å²) in [6.07, 6.45) is -0.897. The van der Waals surface area contributed by atoms with Gasteiger partial charge in [0, 0.05) is 20.1 Å². The molecule has 0 radical (unpaired) electrons. The number of hydrogen-bond acceptors (Lipinski definition) is 5. The molecule has 0 aliphatic carbocycles. The second-order valence-corrected chi connectivity index (χ2v) is 9.80. The van der Waals surface area contributed by atoms with Gasteiger partial charge in [0.25, 0.3) is 0 Å². The van der Waals surface area contributed by atoms with Crippen LogP contribution in [0.15, 0.2) is 29.3 Å². The molecule has 8 nitrogen and oxygen atoms in total. The molecule has 0 saturated carbocycles. The van der Waals surface area contributed by atoms with Crippen molar-refractivity contribution in [2.75, 3.05) is 20.1 Å².